The van der Waals surface area contributed by atoms with Gasteiger partial charge in [0.25, 0.3) is 11.6 Å². The van der Waals surface area contributed by atoms with E-state index in [2.05, 4.69) is 5.32 Å². The number of carbonyl (C=O) groups excluding carboxylic acids is 2. The van der Waals surface area contributed by atoms with Gasteiger partial charge in [-0.3, -0.25) is 14.9 Å². The number of nitro benzene ring substituents is 1. The minimum atomic E-state index is -0.733. The van der Waals surface area contributed by atoms with Crippen LogP contribution in [-0.2, 0) is 16.1 Å². The van der Waals surface area contributed by atoms with Crippen molar-refractivity contribution in [2.24, 2.45) is 0 Å². The van der Waals surface area contributed by atoms with Crippen LogP contribution < -0.4 is 10.1 Å². The molecule has 0 aliphatic heterocycles. The standard InChI is InChI=1S/C23H19FN2O6/c1-15-5-10-19(26(29)30)12-21(15)25-22(27)14-32-23(28)17-3-2-4-20(11-17)31-13-16-6-8-18(24)9-7-16/h2-12H,13-14H2,1H3,(H,25,27). The molecule has 0 atom stereocenters. The number of aryl methyl sites for hydroxylation is 1. The number of benzene rings is 3. The molecule has 164 valence electrons. The fraction of sp³-hybridized carbons (Fsp3) is 0.130. The highest BCUT2D eigenvalue weighted by Gasteiger charge is 2.14. The Morgan fingerprint density at radius 2 is 1.81 bits per heavy atom. The molecule has 0 heterocycles. The summed E-state index contributed by atoms with van der Waals surface area (Å²) in [6.07, 6.45) is 0. The average Bonchev–Trinajstić information content (AvgIpc) is 2.78. The maximum Gasteiger partial charge on any atom is 0.338 e. The van der Waals surface area contributed by atoms with Gasteiger partial charge in [-0.1, -0.05) is 24.3 Å². The van der Waals surface area contributed by atoms with Gasteiger partial charge in [-0.25, -0.2) is 9.18 Å². The van der Waals surface area contributed by atoms with Crippen LogP contribution in [0.5, 0.6) is 5.75 Å². The number of nitrogens with one attached hydrogen (secondary N) is 1. The smallest absolute Gasteiger partial charge is 0.338 e. The number of halogens is 1. The van der Waals surface area contributed by atoms with Crippen LogP contribution in [0.2, 0.25) is 0 Å². The monoisotopic (exact) mass is 438 g/mol. The maximum atomic E-state index is 13.0. The molecule has 0 saturated carbocycles. The number of hydrogen-bond donors (Lipinski definition) is 1. The molecule has 0 fully saturated rings. The number of ether oxygens (including phenoxy) is 2. The summed E-state index contributed by atoms with van der Waals surface area (Å²) in [4.78, 5) is 34.7. The van der Waals surface area contributed by atoms with Crippen LogP contribution in [-0.4, -0.2) is 23.4 Å². The lowest BCUT2D eigenvalue weighted by Crippen LogP contribution is -2.21. The third-order valence-corrected chi connectivity index (χ3v) is 4.43. The second-order valence-corrected chi connectivity index (χ2v) is 6.82. The Morgan fingerprint density at radius 3 is 2.53 bits per heavy atom. The third-order valence-electron chi connectivity index (χ3n) is 4.43. The van der Waals surface area contributed by atoms with Crippen molar-refractivity contribution in [3.8, 4) is 5.75 Å². The number of esters is 1. The zero-order chi connectivity index (χ0) is 23.1. The summed E-state index contributed by atoms with van der Waals surface area (Å²) in [6.45, 7) is 1.30. The predicted molar refractivity (Wildman–Crippen MR) is 114 cm³/mol. The van der Waals surface area contributed by atoms with Crippen LogP contribution in [0.3, 0.4) is 0 Å². The molecule has 9 heteroatoms. The van der Waals surface area contributed by atoms with Crippen LogP contribution in [0, 0.1) is 22.9 Å². The molecule has 1 N–H and O–H groups in total. The molecule has 0 unspecified atom stereocenters. The van der Waals surface area contributed by atoms with Gasteiger partial charge >= 0.3 is 5.97 Å². The summed E-state index contributed by atoms with van der Waals surface area (Å²) in [7, 11) is 0. The number of anilines is 1. The van der Waals surface area contributed by atoms with Crippen LogP contribution in [0.15, 0.2) is 66.7 Å². The number of nitrogens with zero attached hydrogens (tertiary/aromatic N) is 1. The zero-order valence-corrected chi connectivity index (χ0v) is 17.0. The SMILES string of the molecule is Cc1ccc([N+](=O)[O-])cc1NC(=O)COC(=O)c1cccc(OCc2ccc(F)cc2)c1. The Kier molecular flexibility index (Phi) is 7.12. The van der Waals surface area contributed by atoms with E-state index in [1.54, 1.807) is 31.2 Å². The molecular weight excluding hydrogens is 419 g/mol. The molecule has 0 aromatic heterocycles. The van der Waals surface area contributed by atoms with Gasteiger partial charge in [0.15, 0.2) is 6.61 Å². The predicted octanol–water partition coefficient (Wildman–Crippen LogP) is 4.42. The minimum Gasteiger partial charge on any atom is -0.489 e. The molecule has 0 radical (unpaired) electrons. The van der Waals surface area contributed by atoms with Crippen molar-refractivity contribution in [2.45, 2.75) is 13.5 Å². The zero-order valence-electron chi connectivity index (χ0n) is 17.0. The molecule has 32 heavy (non-hydrogen) atoms. The minimum absolute atomic E-state index is 0.166. The van der Waals surface area contributed by atoms with Gasteiger partial charge in [0.2, 0.25) is 0 Å². The number of non-ortho nitro benzene ring substituents is 1. The van der Waals surface area contributed by atoms with Gasteiger partial charge in [-0.05, 0) is 48.4 Å². The van der Waals surface area contributed by atoms with Gasteiger partial charge < -0.3 is 14.8 Å². The van der Waals surface area contributed by atoms with E-state index in [9.17, 15) is 24.1 Å². The molecular formula is C23H19FN2O6. The average molecular weight is 438 g/mol. The number of carbonyl (C=O) groups is 2. The van der Waals surface area contributed by atoms with Crippen molar-refractivity contribution in [2.75, 3.05) is 11.9 Å². The molecule has 0 spiro atoms. The van der Waals surface area contributed by atoms with E-state index < -0.39 is 23.4 Å². The van der Waals surface area contributed by atoms with Crippen LogP contribution in [0.25, 0.3) is 0 Å². The van der Waals surface area contributed by atoms with Crippen LogP contribution in [0.1, 0.15) is 21.5 Å². The molecule has 0 aliphatic carbocycles. The lowest BCUT2D eigenvalue weighted by molar-refractivity contribution is -0.384. The fourth-order valence-corrected chi connectivity index (χ4v) is 2.72. The quantitative estimate of drug-likeness (QED) is 0.317. The number of rotatable bonds is 8. The van der Waals surface area contributed by atoms with Gasteiger partial charge in [0, 0.05) is 12.1 Å². The lowest BCUT2D eigenvalue weighted by Gasteiger charge is -2.10. The highest BCUT2D eigenvalue weighted by atomic mass is 19.1. The van der Waals surface area contributed by atoms with Crippen LogP contribution >= 0.6 is 0 Å². The first-order valence-corrected chi connectivity index (χ1v) is 9.51. The Labute approximate surface area is 182 Å². The molecule has 8 nitrogen and oxygen atoms in total. The van der Waals surface area contributed by atoms with Crippen molar-refractivity contribution in [3.63, 3.8) is 0 Å². The third kappa shape index (κ3) is 6.11. The van der Waals surface area contributed by atoms with Crippen LogP contribution in [0.4, 0.5) is 15.8 Å². The summed E-state index contributed by atoms with van der Waals surface area (Å²) in [5.74, 6) is -1.31. The fourth-order valence-electron chi connectivity index (χ4n) is 2.72. The van der Waals surface area contributed by atoms with Crippen molar-refractivity contribution >= 4 is 23.3 Å². The molecule has 3 rings (SSSR count). The van der Waals surface area contributed by atoms with Gasteiger partial charge in [-0.2, -0.15) is 0 Å². The van der Waals surface area contributed by atoms with Gasteiger partial charge in [0.05, 0.1) is 16.2 Å². The Bertz CT molecular complexity index is 1150. The van der Waals surface area contributed by atoms with Gasteiger partial charge in [-0.15, -0.1) is 0 Å². The summed E-state index contributed by atoms with van der Waals surface area (Å²) in [5.41, 5.74) is 1.66. The van der Waals surface area contributed by atoms with Crippen molar-refractivity contribution < 1.29 is 28.4 Å². The first-order chi connectivity index (χ1) is 15.3. The van der Waals surface area contributed by atoms with Gasteiger partial charge in [0.1, 0.15) is 18.2 Å². The maximum absolute atomic E-state index is 13.0. The van der Waals surface area contributed by atoms with Crippen molar-refractivity contribution in [3.05, 3.63) is 99.4 Å². The molecule has 3 aromatic carbocycles. The largest absolute Gasteiger partial charge is 0.489 e. The Hall–Kier alpha value is -4.27. The van der Waals surface area contributed by atoms with E-state index in [-0.39, 0.29) is 29.4 Å². The Morgan fingerprint density at radius 1 is 1.06 bits per heavy atom. The van der Waals surface area contributed by atoms with E-state index in [1.807, 2.05) is 0 Å². The molecule has 1 amide bonds. The molecule has 0 bridgehead atoms. The lowest BCUT2D eigenvalue weighted by atomic mass is 10.2. The molecule has 3 aromatic rings. The Balaban J connectivity index is 1.55. The number of amides is 1. The number of hydrogen-bond acceptors (Lipinski definition) is 6. The summed E-state index contributed by atoms with van der Waals surface area (Å²) >= 11 is 0. The summed E-state index contributed by atoms with van der Waals surface area (Å²) in [6, 6.07) is 16.1. The summed E-state index contributed by atoms with van der Waals surface area (Å²) in [5, 5.41) is 13.4. The number of nitro groups is 1. The molecule has 0 saturated heterocycles. The van der Waals surface area contributed by atoms with Crippen molar-refractivity contribution in [1.29, 1.82) is 0 Å². The van der Waals surface area contributed by atoms with E-state index in [1.165, 1.54) is 42.5 Å². The first-order valence-electron chi connectivity index (χ1n) is 9.51. The topological polar surface area (TPSA) is 108 Å². The van der Waals surface area contributed by atoms with Crippen molar-refractivity contribution in [1.82, 2.24) is 0 Å². The van der Waals surface area contributed by atoms with E-state index in [0.29, 0.717) is 11.3 Å². The second kappa shape index (κ2) is 10.2. The first kappa shape index (κ1) is 22.4. The van der Waals surface area contributed by atoms with E-state index >= 15 is 0 Å². The normalized spacial score (nSPS) is 10.3. The molecule has 0 aliphatic rings. The highest BCUT2D eigenvalue weighted by Crippen LogP contribution is 2.22. The van der Waals surface area contributed by atoms with E-state index in [4.69, 9.17) is 9.47 Å². The highest BCUT2D eigenvalue weighted by molar-refractivity contribution is 5.96. The second-order valence-electron chi connectivity index (χ2n) is 6.82. The summed E-state index contributed by atoms with van der Waals surface area (Å²) < 4.78 is 23.6. The van der Waals surface area contributed by atoms with E-state index in [0.717, 1.165) is 5.56 Å².